The van der Waals surface area contributed by atoms with Crippen LogP contribution in [0.5, 0.6) is 17.2 Å². The molecular weight excluding hydrogens is 252 g/mol. The van der Waals surface area contributed by atoms with Gasteiger partial charge in [-0.05, 0) is 15.9 Å². The van der Waals surface area contributed by atoms with E-state index in [0.29, 0.717) is 35.5 Å². The first-order valence-corrected chi connectivity index (χ1v) is 4.79. The fourth-order valence-electron chi connectivity index (χ4n) is 1.28. The number of hydrogen-bond acceptors (Lipinski definition) is 4. The van der Waals surface area contributed by atoms with Gasteiger partial charge in [-0.25, -0.2) is 0 Å². The first kappa shape index (κ1) is 9.33. The van der Waals surface area contributed by atoms with Crippen LogP contribution in [0.1, 0.15) is 10.4 Å². The van der Waals surface area contributed by atoms with E-state index in [4.69, 9.17) is 9.47 Å². The van der Waals surface area contributed by atoms with E-state index < -0.39 is 0 Å². The van der Waals surface area contributed by atoms with Crippen molar-refractivity contribution in [2.45, 2.75) is 0 Å². The molecule has 0 aromatic heterocycles. The summed E-state index contributed by atoms with van der Waals surface area (Å²) in [5.74, 6) is 0.666. The molecule has 1 aromatic carbocycles. The Hall–Kier alpha value is -1.23. The van der Waals surface area contributed by atoms with Crippen molar-refractivity contribution in [1.29, 1.82) is 0 Å². The topological polar surface area (TPSA) is 55.8 Å². The van der Waals surface area contributed by atoms with Gasteiger partial charge in [0.15, 0.2) is 17.8 Å². The van der Waals surface area contributed by atoms with Gasteiger partial charge in [-0.3, -0.25) is 4.79 Å². The number of hydrogen-bond donors (Lipinski definition) is 1. The van der Waals surface area contributed by atoms with E-state index in [1.54, 1.807) is 6.07 Å². The number of phenols is 1. The molecule has 0 bridgehead atoms. The Balaban J connectivity index is 2.65. The summed E-state index contributed by atoms with van der Waals surface area (Å²) in [5.41, 5.74) is 0.120. The normalized spacial score (nSPS) is 13.8. The molecule has 0 saturated carbocycles. The van der Waals surface area contributed by atoms with Crippen molar-refractivity contribution in [2.24, 2.45) is 0 Å². The average Bonchev–Trinajstić information content (AvgIpc) is 2.20. The van der Waals surface area contributed by atoms with E-state index in [1.807, 2.05) is 0 Å². The van der Waals surface area contributed by atoms with E-state index in [1.165, 1.54) is 0 Å². The summed E-state index contributed by atoms with van der Waals surface area (Å²) in [5, 5.41) is 9.54. The lowest BCUT2D eigenvalue weighted by Gasteiger charge is -2.20. The Morgan fingerprint density at radius 2 is 2.14 bits per heavy atom. The number of fused-ring (bicyclic) bond motifs is 1. The van der Waals surface area contributed by atoms with Gasteiger partial charge in [0.2, 0.25) is 0 Å². The second kappa shape index (κ2) is 3.49. The molecule has 0 spiro atoms. The molecule has 1 aliphatic rings. The number of ether oxygens (including phenoxy) is 2. The molecule has 0 unspecified atom stereocenters. The van der Waals surface area contributed by atoms with Crippen LogP contribution in [-0.4, -0.2) is 24.6 Å². The van der Waals surface area contributed by atoms with E-state index in [2.05, 4.69) is 15.9 Å². The number of phenolic OH excluding ortho intramolecular Hbond substituents is 1. The molecule has 74 valence electrons. The number of aromatic hydroxyl groups is 1. The van der Waals surface area contributed by atoms with Crippen LogP contribution in [0.15, 0.2) is 10.5 Å². The van der Waals surface area contributed by atoms with Crippen molar-refractivity contribution in [3.63, 3.8) is 0 Å². The number of rotatable bonds is 1. The number of aldehydes is 1. The number of benzene rings is 1. The number of carbonyl (C=O) groups is 1. The van der Waals surface area contributed by atoms with Gasteiger partial charge in [-0.2, -0.15) is 0 Å². The van der Waals surface area contributed by atoms with Gasteiger partial charge in [-0.1, -0.05) is 0 Å². The van der Waals surface area contributed by atoms with Gasteiger partial charge in [0.05, 0.1) is 4.47 Å². The predicted octanol–water partition coefficient (Wildman–Crippen LogP) is 1.74. The van der Waals surface area contributed by atoms with Crippen molar-refractivity contribution in [2.75, 3.05) is 13.2 Å². The zero-order chi connectivity index (χ0) is 10.1. The van der Waals surface area contributed by atoms with Crippen LogP contribution in [0.3, 0.4) is 0 Å². The van der Waals surface area contributed by atoms with Gasteiger partial charge in [-0.15, -0.1) is 0 Å². The van der Waals surface area contributed by atoms with Gasteiger partial charge in [0.1, 0.15) is 24.5 Å². The third kappa shape index (κ3) is 1.33. The second-order valence-electron chi connectivity index (χ2n) is 2.76. The van der Waals surface area contributed by atoms with E-state index in [9.17, 15) is 9.90 Å². The lowest BCUT2D eigenvalue weighted by molar-refractivity contribution is 0.110. The van der Waals surface area contributed by atoms with Crippen LogP contribution in [0.2, 0.25) is 0 Å². The molecule has 0 fully saturated rings. The molecule has 0 aliphatic carbocycles. The molecule has 5 heteroatoms. The summed E-state index contributed by atoms with van der Waals surface area (Å²) in [7, 11) is 0. The first-order valence-electron chi connectivity index (χ1n) is 4.00. The van der Waals surface area contributed by atoms with E-state index in [-0.39, 0.29) is 11.3 Å². The number of carbonyl (C=O) groups excluding carboxylic acids is 1. The molecule has 1 N–H and O–H groups in total. The van der Waals surface area contributed by atoms with Crippen LogP contribution in [0.25, 0.3) is 0 Å². The zero-order valence-electron chi connectivity index (χ0n) is 7.12. The highest BCUT2D eigenvalue weighted by Gasteiger charge is 2.21. The third-order valence-corrected chi connectivity index (χ3v) is 2.52. The minimum absolute atomic E-state index is 0.120. The van der Waals surface area contributed by atoms with Crippen molar-refractivity contribution in [1.82, 2.24) is 0 Å². The summed E-state index contributed by atoms with van der Waals surface area (Å²) < 4.78 is 10.9. The quantitative estimate of drug-likeness (QED) is 0.780. The molecule has 4 nitrogen and oxygen atoms in total. The highest BCUT2D eigenvalue weighted by atomic mass is 79.9. The third-order valence-electron chi connectivity index (χ3n) is 1.91. The molecule has 0 radical (unpaired) electrons. The maximum atomic E-state index is 10.7. The van der Waals surface area contributed by atoms with Gasteiger partial charge in [0.25, 0.3) is 0 Å². The summed E-state index contributed by atoms with van der Waals surface area (Å²) >= 11 is 3.12. The van der Waals surface area contributed by atoms with Crippen LogP contribution in [0.4, 0.5) is 0 Å². The van der Waals surface area contributed by atoms with Crippen LogP contribution < -0.4 is 9.47 Å². The van der Waals surface area contributed by atoms with Gasteiger partial charge < -0.3 is 14.6 Å². The summed E-state index contributed by atoms with van der Waals surface area (Å²) in [6, 6.07) is 1.58. The fourth-order valence-corrected chi connectivity index (χ4v) is 1.70. The molecule has 1 aliphatic heterocycles. The highest BCUT2D eigenvalue weighted by molar-refractivity contribution is 9.10. The summed E-state index contributed by atoms with van der Waals surface area (Å²) in [6.45, 7) is 0.831. The standard InChI is InChI=1S/C9H7BrO4/c10-6-3-7-9(14-2-1-13-7)5(4-11)8(6)12/h3-4,12H,1-2H2. The molecule has 0 saturated heterocycles. The lowest BCUT2D eigenvalue weighted by atomic mass is 10.1. The molecule has 0 atom stereocenters. The van der Waals surface area contributed by atoms with Crippen molar-refractivity contribution < 1.29 is 19.4 Å². The van der Waals surface area contributed by atoms with Crippen LogP contribution in [-0.2, 0) is 0 Å². The Morgan fingerprint density at radius 3 is 2.86 bits per heavy atom. The van der Waals surface area contributed by atoms with Gasteiger partial charge >= 0.3 is 0 Å². The molecule has 1 heterocycles. The van der Waals surface area contributed by atoms with Gasteiger partial charge in [0, 0.05) is 6.07 Å². The summed E-state index contributed by atoms with van der Waals surface area (Å²) in [6.07, 6.45) is 0.549. The van der Waals surface area contributed by atoms with Crippen molar-refractivity contribution in [3.8, 4) is 17.2 Å². The Bertz CT molecular complexity index is 389. The second-order valence-corrected chi connectivity index (χ2v) is 3.62. The largest absolute Gasteiger partial charge is 0.506 e. The summed E-state index contributed by atoms with van der Waals surface area (Å²) in [4.78, 5) is 10.7. The minimum Gasteiger partial charge on any atom is -0.506 e. The van der Waals surface area contributed by atoms with Crippen LogP contribution >= 0.6 is 15.9 Å². The molecule has 14 heavy (non-hydrogen) atoms. The SMILES string of the molecule is O=Cc1c(O)c(Br)cc2c1OCCO2. The Labute approximate surface area is 88.6 Å². The smallest absolute Gasteiger partial charge is 0.175 e. The average molecular weight is 259 g/mol. The van der Waals surface area contributed by atoms with Crippen molar-refractivity contribution in [3.05, 3.63) is 16.1 Å². The highest BCUT2D eigenvalue weighted by Crippen LogP contribution is 2.42. The number of halogens is 1. The van der Waals surface area contributed by atoms with Crippen LogP contribution in [0, 0.1) is 0 Å². The molecule has 0 amide bonds. The Morgan fingerprint density at radius 1 is 1.43 bits per heavy atom. The van der Waals surface area contributed by atoms with E-state index >= 15 is 0 Å². The molecule has 1 aromatic rings. The fraction of sp³-hybridized carbons (Fsp3) is 0.222. The molecular formula is C9H7BrO4. The maximum absolute atomic E-state index is 10.7. The van der Waals surface area contributed by atoms with E-state index in [0.717, 1.165) is 0 Å². The Kier molecular flexibility index (Phi) is 2.33. The lowest BCUT2D eigenvalue weighted by Crippen LogP contribution is -2.16. The minimum atomic E-state index is -0.121. The van der Waals surface area contributed by atoms with Crippen molar-refractivity contribution >= 4 is 22.2 Å². The zero-order valence-corrected chi connectivity index (χ0v) is 8.70. The molecule has 2 rings (SSSR count). The monoisotopic (exact) mass is 258 g/mol. The predicted molar refractivity (Wildman–Crippen MR) is 52.2 cm³/mol. The first-order chi connectivity index (χ1) is 6.74. The maximum Gasteiger partial charge on any atom is 0.175 e.